The summed E-state index contributed by atoms with van der Waals surface area (Å²) < 4.78 is 12.8. The average molecular weight is 398 g/mol. The van der Waals surface area contributed by atoms with Gasteiger partial charge in [0.2, 0.25) is 5.91 Å². The summed E-state index contributed by atoms with van der Waals surface area (Å²) in [6.45, 7) is 0.655. The first-order valence-electron chi connectivity index (χ1n) is 9.17. The SMILES string of the molecule is COc1cc2c(cc1OC)[C@H](c1ccnn1C)N(C(=O)Cc1cccs1)CC2. The summed E-state index contributed by atoms with van der Waals surface area (Å²) in [4.78, 5) is 16.3. The van der Waals surface area contributed by atoms with E-state index >= 15 is 0 Å². The van der Waals surface area contributed by atoms with E-state index in [-0.39, 0.29) is 11.9 Å². The van der Waals surface area contributed by atoms with Crippen LogP contribution < -0.4 is 9.47 Å². The Bertz CT molecular complexity index is 981. The summed E-state index contributed by atoms with van der Waals surface area (Å²) in [6.07, 6.45) is 2.96. The smallest absolute Gasteiger partial charge is 0.228 e. The molecule has 7 heteroatoms. The lowest BCUT2D eigenvalue weighted by Crippen LogP contribution is -2.42. The molecule has 0 spiro atoms. The van der Waals surface area contributed by atoms with Crippen LogP contribution in [0, 0.1) is 0 Å². The van der Waals surface area contributed by atoms with Crippen LogP contribution in [0.5, 0.6) is 11.5 Å². The second-order valence-corrected chi connectivity index (χ2v) is 7.81. The number of ether oxygens (including phenoxy) is 2. The van der Waals surface area contributed by atoms with Gasteiger partial charge < -0.3 is 14.4 Å². The molecule has 0 saturated carbocycles. The molecule has 0 unspecified atom stereocenters. The molecule has 1 atom stereocenters. The van der Waals surface area contributed by atoms with Crippen molar-refractivity contribution in [3.05, 3.63) is 63.6 Å². The van der Waals surface area contributed by atoms with Crippen LogP contribution in [0.4, 0.5) is 0 Å². The third-order valence-corrected chi connectivity index (χ3v) is 6.11. The number of hydrogen-bond acceptors (Lipinski definition) is 5. The third kappa shape index (κ3) is 3.26. The standard InChI is InChI=1S/C21H23N3O3S/c1-23-17(6-8-22-23)21-16-13-19(27-3)18(26-2)11-14(16)7-9-24(21)20(25)12-15-5-4-10-28-15/h4-6,8,10-11,13,21H,7,9,12H2,1-3H3/t21-/m1/s1. The predicted molar refractivity (Wildman–Crippen MR) is 108 cm³/mol. The Hall–Kier alpha value is -2.80. The molecule has 0 N–H and O–H groups in total. The number of nitrogens with zero attached hydrogens (tertiary/aromatic N) is 3. The van der Waals surface area contributed by atoms with Crippen LogP contribution in [0.2, 0.25) is 0 Å². The monoisotopic (exact) mass is 397 g/mol. The first-order chi connectivity index (χ1) is 13.6. The van der Waals surface area contributed by atoms with Gasteiger partial charge in [-0.25, -0.2) is 0 Å². The molecule has 0 fully saturated rings. The van der Waals surface area contributed by atoms with Gasteiger partial charge in [-0.05, 0) is 47.2 Å². The Kier molecular flexibility index (Phi) is 5.09. The van der Waals surface area contributed by atoms with Gasteiger partial charge in [-0.3, -0.25) is 9.48 Å². The summed E-state index contributed by atoms with van der Waals surface area (Å²) in [5, 5.41) is 6.34. The molecule has 2 aromatic heterocycles. The number of methoxy groups -OCH3 is 2. The molecule has 0 saturated heterocycles. The van der Waals surface area contributed by atoms with E-state index in [1.165, 1.54) is 5.56 Å². The van der Waals surface area contributed by atoms with Gasteiger partial charge in [-0.15, -0.1) is 11.3 Å². The molecule has 3 heterocycles. The van der Waals surface area contributed by atoms with Crippen molar-refractivity contribution in [1.29, 1.82) is 0 Å². The van der Waals surface area contributed by atoms with Gasteiger partial charge in [-0.2, -0.15) is 5.10 Å². The largest absolute Gasteiger partial charge is 0.493 e. The lowest BCUT2D eigenvalue weighted by Gasteiger charge is -2.38. The van der Waals surface area contributed by atoms with E-state index in [2.05, 4.69) is 5.10 Å². The number of thiophene rings is 1. The second-order valence-electron chi connectivity index (χ2n) is 6.78. The van der Waals surface area contributed by atoms with Gasteiger partial charge in [0.05, 0.1) is 32.4 Å². The van der Waals surface area contributed by atoms with E-state index in [0.717, 1.165) is 22.6 Å². The van der Waals surface area contributed by atoms with Crippen LogP contribution in [0.1, 0.15) is 27.7 Å². The van der Waals surface area contributed by atoms with E-state index in [1.54, 1.807) is 31.8 Å². The van der Waals surface area contributed by atoms with E-state index < -0.39 is 0 Å². The van der Waals surface area contributed by atoms with Gasteiger partial charge in [0.25, 0.3) is 0 Å². The molecule has 1 aromatic carbocycles. The van der Waals surface area contributed by atoms with E-state index in [0.29, 0.717) is 24.5 Å². The summed E-state index contributed by atoms with van der Waals surface area (Å²) >= 11 is 1.61. The Morgan fingerprint density at radius 2 is 2.04 bits per heavy atom. The highest BCUT2D eigenvalue weighted by Gasteiger charge is 2.34. The Labute approximate surface area is 168 Å². The Morgan fingerprint density at radius 1 is 1.25 bits per heavy atom. The zero-order valence-corrected chi connectivity index (χ0v) is 17.0. The van der Waals surface area contributed by atoms with Gasteiger partial charge in [0, 0.05) is 24.7 Å². The predicted octanol–water partition coefficient (Wildman–Crippen LogP) is 3.22. The molecule has 1 aliphatic heterocycles. The maximum Gasteiger partial charge on any atom is 0.228 e. The number of aromatic nitrogens is 2. The van der Waals surface area contributed by atoms with Crippen molar-refractivity contribution in [2.24, 2.45) is 7.05 Å². The zero-order valence-electron chi connectivity index (χ0n) is 16.2. The fourth-order valence-corrected chi connectivity index (χ4v) is 4.55. The van der Waals surface area contributed by atoms with Crippen molar-refractivity contribution in [2.45, 2.75) is 18.9 Å². The summed E-state index contributed by atoms with van der Waals surface area (Å²) in [7, 11) is 5.18. The molecule has 146 valence electrons. The van der Waals surface area contributed by atoms with Crippen molar-refractivity contribution in [3.63, 3.8) is 0 Å². The van der Waals surface area contributed by atoms with Gasteiger partial charge in [0.1, 0.15) is 0 Å². The maximum atomic E-state index is 13.2. The fourth-order valence-electron chi connectivity index (χ4n) is 3.85. The normalized spacial score (nSPS) is 16.0. The number of carbonyl (C=O) groups excluding carboxylic acids is 1. The number of fused-ring (bicyclic) bond motifs is 1. The Morgan fingerprint density at radius 3 is 2.68 bits per heavy atom. The first-order valence-corrected chi connectivity index (χ1v) is 10.0. The number of benzene rings is 1. The minimum Gasteiger partial charge on any atom is -0.493 e. The number of hydrogen-bond donors (Lipinski definition) is 0. The van der Waals surface area contributed by atoms with Crippen LogP contribution in [0.3, 0.4) is 0 Å². The topological polar surface area (TPSA) is 56.6 Å². The van der Waals surface area contributed by atoms with Crippen molar-refractivity contribution in [3.8, 4) is 11.5 Å². The van der Waals surface area contributed by atoms with Crippen molar-refractivity contribution < 1.29 is 14.3 Å². The highest BCUT2D eigenvalue weighted by Crippen LogP contribution is 2.41. The first kappa shape index (κ1) is 18.6. The highest BCUT2D eigenvalue weighted by atomic mass is 32.1. The van der Waals surface area contributed by atoms with Crippen molar-refractivity contribution in [1.82, 2.24) is 14.7 Å². The molecule has 0 bridgehead atoms. The van der Waals surface area contributed by atoms with Crippen molar-refractivity contribution >= 4 is 17.2 Å². The Balaban J connectivity index is 1.78. The maximum absolute atomic E-state index is 13.2. The summed E-state index contributed by atoms with van der Waals surface area (Å²) in [5.74, 6) is 1.50. The van der Waals surface area contributed by atoms with E-state index in [1.807, 2.05) is 52.3 Å². The average Bonchev–Trinajstić information content (AvgIpc) is 3.37. The van der Waals surface area contributed by atoms with Crippen LogP contribution in [0.15, 0.2) is 41.9 Å². The van der Waals surface area contributed by atoms with Crippen LogP contribution >= 0.6 is 11.3 Å². The highest BCUT2D eigenvalue weighted by molar-refractivity contribution is 7.10. The molecule has 6 nitrogen and oxygen atoms in total. The lowest BCUT2D eigenvalue weighted by molar-refractivity contribution is -0.132. The molecule has 3 aromatic rings. The van der Waals surface area contributed by atoms with Crippen molar-refractivity contribution in [2.75, 3.05) is 20.8 Å². The summed E-state index contributed by atoms with van der Waals surface area (Å²) in [5.41, 5.74) is 3.21. The number of carbonyl (C=O) groups is 1. The molecule has 0 radical (unpaired) electrons. The molecule has 1 amide bonds. The molecular weight excluding hydrogens is 374 g/mol. The van der Waals surface area contributed by atoms with Gasteiger partial charge in [-0.1, -0.05) is 6.07 Å². The molecule has 28 heavy (non-hydrogen) atoms. The molecular formula is C21H23N3O3S. The van der Waals surface area contributed by atoms with Crippen LogP contribution in [0.25, 0.3) is 0 Å². The quantitative estimate of drug-likeness (QED) is 0.663. The fraction of sp³-hybridized carbons (Fsp3) is 0.333. The van der Waals surface area contributed by atoms with Crippen LogP contribution in [-0.2, 0) is 24.7 Å². The number of aryl methyl sites for hydroxylation is 1. The molecule has 0 aliphatic carbocycles. The van der Waals surface area contributed by atoms with Crippen LogP contribution in [-0.4, -0.2) is 41.4 Å². The molecule has 4 rings (SSSR count). The summed E-state index contributed by atoms with van der Waals surface area (Å²) in [6, 6.07) is 9.78. The third-order valence-electron chi connectivity index (χ3n) is 5.24. The van der Waals surface area contributed by atoms with E-state index in [4.69, 9.17) is 9.47 Å². The zero-order chi connectivity index (χ0) is 19.7. The number of amides is 1. The van der Waals surface area contributed by atoms with Gasteiger partial charge >= 0.3 is 0 Å². The van der Waals surface area contributed by atoms with E-state index in [9.17, 15) is 4.79 Å². The lowest BCUT2D eigenvalue weighted by atomic mass is 9.89. The number of rotatable bonds is 5. The minimum absolute atomic E-state index is 0.120. The molecule has 1 aliphatic rings. The second kappa shape index (κ2) is 7.67. The minimum atomic E-state index is -0.205. The van der Waals surface area contributed by atoms with Gasteiger partial charge in [0.15, 0.2) is 11.5 Å².